The maximum Gasteiger partial charge on any atom is 0.347 e. The van der Waals surface area contributed by atoms with Crippen molar-refractivity contribution < 1.29 is 28.8 Å². The maximum absolute atomic E-state index is 11.8. The van der Waals surface area contributed by atoms with Crippen molar-refractivity contribution >= 4 is 23.5 Å². The number of rotatable bonds is 8. The third kappa shape index (κ3) is 5.67. The Kier molecular flexibility index (Phi) is 6.84. The molecule has 0 aliphatic rings. The van der Waals surface area contributed by atoms with Gasteiger partial charge in [0, 0.05) is 25.0 Å². The SMILES string of the molecule is CCOC(=O)C(Cc1ccc(CC(N)=O)c([N+](=O)[O-])c1)OC(C)=O. The summed E-state index contributed by atoms with van der Waals surface area (Å²) in [7, 11) is 0. The van der Waals surface area contributed by atoms with Gasteiger partial charge in [-0.15, -0.1) is 0 Å². The number of hydrogen-bond donors (Lipinski definition) is 1. The third-order valence-electron chi connectivity index (χ3n) is 2.99. The summed E-state index contributed by atoms with van der Waals surface area (Å²) < 4.78 is 9.73. The average molecular weight is 338 g/mol. The summed E-state index contributed by atoms with van der Waals surface area (Å²) in [5, 5.41) is 11.1. The molecule has 0 saturated carbocycles. The van der Waals surface area contributed by atoms with Crippen LogP contribution in [0.2, 0.25) is 0 Å². The smallest absolute Gasteiger partial charge is 0.347 e. The summed E-state index contributed by atoms with van der Waals surface area (Å²) in [5.41, 5.74) is 5.31. The van der Waals surface area contributed by atoms with Gasteiger partial charge < -0.3 is 15.2 Å². The van der Waals surface area contributed by atoms with Crippen molar-refractivity contribution in [3.63, 3.8) is 0 Å². The van der Waals surface area contributed by atoms with E-state index in [1.807, 2.05) is 0 Å². The van der Waals surface area contributed by atoms with Crippen molar-refractivity contribution in [3.8, 4) is 0 Å². The molecule has 0 aromatic heterocycles. The fourth-order valence-corrected chi connectivity index (χ4v) is 2.07. The highest BCUT2D eigenvalue weighted by Crippen LogP contribution is 2.22. The van der Waals surface area contributed by atoms with Gasteiger partial charge in [0.2, 0.25) is 12.0 Å². The number of nitro groups is 1. The minimum atomic E-state index is -1.20. The van der Waals surface area contributed by atoms with Crippen LogP contribution in [-0.2, 0) is 36.7 Å². The number of primary amides is 1. The number of esters is 2. The van der Waals surface area contributed by atoms with Crippen LogP contribution in [0.25, 0.3) is 0 Å². The van der Waals surface area contributed by atoms with Gasteiger partial charge in [-0.2, -0.15) is 0 Å². The lowest BCUT2D eigenvalue weighted by atomic mass is 10.0. The van der Waals surface area contributed by atoms with Gasteiger partial charge in [-0.25, -0.2) is 4.79 Å². The minimum Gasteiger partial charge on any atom is -0.463 e. The van der Waals surface area contributed by atoms with E-state index in [9.17, 15) is 24.5 Å². The monoisotopic (exact) mass is 338 g/mol. The summed E-state index contributed by atoms with van der Waals surface area (Å²) >= 11 is 0. The Morgan fingerprint density at radius 1 is 1.33 bits per heavy atom. The fourth-order valence-electron chi connectivity index (χ4n) is 2.07. The summed E-state index contributed by atoms with van der Waals surface area (Å²) in [6.07, 6.45) is -1.57. The lowest BCUT2D eigenvalue weighted by Gasteiger charge is -2.15. The molecule has 1 atom stereocenters. The molecule has 1 unspecified atom stereocenters. The van der Waals surface area contributed by atoms with Gasteiger partial charge in [-0.05, 0) is 12.5 Å². The summed E-state index contributed by atoms with van der Waals surface area (Å²) in [6, 6.07) is 4.10. The number of carbonyl (C=O) groups excluding carboxylic acids is 3. The molecule has 0 aliphatic carbocycles. The zero-order chi connectivity index (χ0) is 18.3. The number of nitro benzene ring substituents is 1. The van der Waals surface area contributed by atoms with Gasteiger partial charge in [0.25, 0.3) is 5.69 Å². The first kappa shape index (κ1) is 19.1. The van der Waals surface area contributed by atoms with Crippen LogP contribution in [0.15, 0.2) is 18.2 Å². The van der Waals surface area contributed by atoms with E-state index >= 15 is 0 Å². The molecule has 1 rings (SSSR count). The topological polar surface area (TPSA) is 139 Å². The lowest BCUT2D eigenvalue weighted by molar-refractivity contribution is -0.385. The highest BCUT2D eigenvalue weighted by molar-refractivity contribution is 5.79. The van der Waals surface area contributed by atoms with Crippen molar-refractivity contribution in [3.05, 3.63) is 39.4 Å². The molecule has 2 N–H and O–H groups in total. The molecule has 9 nitrogen and oxygen atoms in total. The van der Waals surface area contributed by atoms with Crippen LogP contribution in [0.1, 0.15) is 25.0 Å². The van der Waals surface area contributed by atoms with Crippen molar-refractivity contribution in [2.45, 2.75) is 32.8 Å². The van der Waals surface area contributed by atoms with Crippen LogP contribution in [0.3, 0.4) is 0 Å². The number of amides is 1. The Balaban J connectivity index is 3.08. The number of nitrogens with zero attached hydrogens (tertiary/aromatic N) is 1. The first-order valence-electron chi connectivity index (χ1n) is 7.13. The Labute approximate surface area is 137 Å². The molecule has 0 aliphatic heterocycles. The molecule has 130 valence electrons. The minimum absolute atomic E-state index is 0.0872. The molecule has 1 aromatic rings. The van der Waals surface area contributed by atoms with Gasteiger partial charge in [0.1, 0.15) is 0 Å². The predicted molar refractivity (Wildman–Crippen MR) is 81.9 cm³/mol. The fraction of sp³-hybridized carbons (Fsp3) is 0.400. The van der Waals surface area contributed by atoms with E-state index in [1.54, 1.807) is 6.92 Å². The molecule has 0 fully saturated rings. The molecule has 1 aromatic carbocycles. The lowest BCUT2D eigenvalue weighted by Crippen LogP contribution is -2.30. The average Bonchev–Trinajstić information content (AvgIpc) is 2.47. The summed E-state index contributed by atoms with van der Waals surface area (Å²) in [5.74, 6) is -2.11. The van der Waals surface area contributed by atoms with E-state index in [2.05, 4.69) is 0 Å². The second kappa shape index (κ2) is 8.61. The van der Waals surface area contributed by atoms with Crippen molar-refractivity contribution in [2.75, 3.05) is 6.61 Å². The second-order valence-corrected chi connectivity index (χ2v) is 4.92. The molecular weight excluding hydrogens is 320 g/mol. The van der Waals surface area contributed by atoms with E-state index in [0.29, 0.717) is 5.56 Å². The largest absolute Gasteiger partial charge is 0.463 e. The Bertz CT molecular complexity index is 657. The molecule has 1 amide bonds. The van der Waals surface area contributed by atoms with Gasteiger partial charge >= 0.3 is 11.9 Å². The summed E-state index contributed by atoms with van der Waals surface area (Å²) in [6.45, 7) is 2.85. The van der Waals surface area contributed by atoms with Gasteiger partial charge in [0.05, 0.1) is 18.0 Å². The Hall–Kier alpha value is -2.97. The standard InChI is InChI=1S/C15H18N2O7/c1-3-23-15(20)13(24-9(2)18)7-10-4-5-11(8-14(16)19)12(6-10)17(21)22/h4-6,13H,3,7-8H2,1-2H3,(H2,16,19). The Morgan fingerprint density at radius 3 is 2.50 bits per heavy atom. The second-order valence-electron chi connectivity index (χ2n) is 4.92. The first-order chi connectivity index (χ1) is 11.2. The molecule has 9 heteroatoms. The molecule has 0 heterocycles. The number of benzene rings is 1. The Morgan fingerprint density at radius 2 is 2.00 bits per heavy atom. The molecule has 0 bridgehead atoms. The van der Waals surface area contributed by atoms with Crippen LogP contribution < -0.4 is 5.73 Å². The highest BCUT2D eigenvalue weighted by atomic mass is 16.6. The molecule has 24 heavy (non-hydrogen) atoms. The van der Waals surface area contributed by atoms with Gasteiger partial charge in [-0.1, -0.05) is 12.1 Å². The van der Waals surface area contributed by atoms with E-state index in [1.165, 1.54) is 18.2 Å². The number of hydrogen-bond acceptors (Lipinski definition) is 7. The first-order valence-corrected chi connectivity index (χ1v) is 7.13. The number of nitrogens with two attached hydrogens (primary N) is 1. The number of carbonyl (C=O) groups is 3. The molecule has 0 radical (unpaired) electrons. The van der Waals surface area contributed by atoms with Gasteiger partial charge in [0.15, 0.2) is 0 Å². The van der Waals surface area contributed by atoms with E-state index in [0.717, 1.165) is 6.92 Å². The normalized spacial score (nSPS) is 11.4. The van der Waals surface area contributed by atoms with Crippen molar-refractivity contribution in [1.82, 2.24) is 0 Å². The summed E-state index contributed by atoms with van der Waals surface area (Å²) in [4.78, 5) is 44.4. The molecular formula is C15H18N2O7. The zero-order valence-corrected chi connectivity index (χ0v) is 13.3. The van der Waals surface area contributed by atoms with Crippen LogP contribution in [0, 0.1) is 10.1 Å². The zero-order valence-electron chi connectivity index (χ0n) is 13.3. The quantitative estimate of drug-likeness (QED) is 0.417. The molecule has 0 saturated heterocycles. The molecule has 0 spiro atoms. The van der Waals surface area contributed by atoms with Crippen LogP contribution >= 0.6 is 0 Å². The highest BCUT2D eigenvalue weighted by Gasteiger charge is 2.25. The van der Waals surface area contributed by atoms with Crippen LogP contribution in [-0.4, -0.2) is 35.5 Å². The predicted octanol–water partition coefficient (Wildman–Crippen LogP) is 0.660. The number of ether oxygens (including phenoxy) is 2. The van der Waals surface area contributed by atoms with Crippen LogP contribution in [0.4, 0.5) is 5.69 Å². The van der Waals surface area contributed by atoms with Gasteiger partial charge in [-0.3, -0.25) is 19.7 Å². The van der Waals surface area contributed by atoms with Crippen molar-refractivity contribution in [1.29, 1.82) is 0 Å². The third-order valence-corrected chi connectivity index (χ3v) is 2.99. The van der Waals surface area contributed by atoms with E-state index < -0.39 is 28.9 Å². The van der Waals surface area contributed by atoms with Crippen LogP contribution in [0.5, 0.6) is 0 Å². The maximum atomic E-state index is 11.8. The van der Waals surface area contributed by atoms with E-state index in [4.69, 9.17) is 15.2 Å². The van der Waals surface area contributed by atoms with E-state index in [-0.39, 0.29) is 30.7 Å². The van der Waals surface area contributed by atoms with Crippen molar-refractivity contribution in [2.24, 2.45) is 5.73 Å².